The zero-order valence-electron chi connectivity index (χ0n) is 8.60. The second-order valence-corrected chi connectivity index (χ2v) is 3.84. The van der Waals surface area contributed by atoms with Crippen LogP contribution in [-0.2, 0) is 0 Å². The molecule has 0 aliphatic carbocycles. The van der Waals surface area contributed by atoms with E-state index < -0.39 is 0 Å². The van der Waals surface area contributed by atoms with Gasteiger partial charge in [-0.05, 0) is 28.8 Å². The van der Waals surface area contributed by atoms with Gasteiger partial charge < -0.3 is 5.84 Å². The van der Waals surface area contributed by atoms with Gasteiger partial charge in [0.15, 0.2) is 0 Å². The molecule has 2 aromatic rings. The number of hydrazone groups is 1. The molecule has 0 unspecified atom stereocenters. The van der Waals surface area contributed by atoms with Crippen LogP contribution >= 0.6 is 11.6 Å². The standard InChI is InChI=1S/C13H11ClN2/c14-13-7-5-12(6-8-13)11-3-1-10(2-4-11)9-16-15/h1-9H,15H2. The Bertz CT molecular complexity index is 486. The maximum absolute atomic E-state index is 5.83. The molecule has 0 bridgehead atoms. The van der Waals surface area contributed by atoms with Crippen molar-refractivity contribution in [1.82, 2.24) is 0 Å². The van der Waals surface area contributed by atoms with Crippen molar-refractivity contribution in [3.63, 3.8) is 0 Å². The van der Waals surface area contributed by atoms with E-state index >= 15 is 0 Å². The van der Waals surface area contributed by atoms with Gasteiger partial charge in [0.05, 0.1) is 6.21 Å². The highest BCUT2D eigenvalue weighted by molar-refractivity contribution is 6.30. The Balaban J connectivity index is 2.31. The maximum Gasteiger partial charge on any atom is 0.0538 e. The molecule has 0 radical (unpaired) electrons. The molecule has 0 aliphatic heterocycles. The Hall–Kier alpha value is -1.80. The highest BCUT2D eigenvalue weighted by atomic mass is 35.5. The Morgan fingerprint density at radius 3 is 1.88 bits per heavy atom. The number of hydrogen-bond donors (Lipinski definition) is 1. The lowest BCUT2D eigenvalue weighted by Crippen LogP contribution is -1.86. The van der Waals surface area contributed by atoms with Crippen LogP contribution in [0.15, 0.2) is 53.6 Å². The van der Waals surface area contributed by atoms with Crippen molar-refractivity contribution in [3.8, 4) is 11.1 Å². The predicted octanol–water partition coefficient (Wildman–Crippen LogP) is 3.30. The van der Waals surface area contributed by atoms with Gasteiger partial charge in [0.25, 0.3) is 0 Å². The summed E-state index contributed by atoms with van der Waals surface area (Å²) >= 11 is 5.83. The summed E-state index contributed by atoms with van der Waals surface area (Å²) in [7, 11) is 0. The molecule has 0 spiro atoms. The van der Waals surface area contributed by atoms with Crippen molar-refractivity contribution in [3.05, 3.63) is 59.1 Å². The predicted molar refractivity (Wildman–Crippen MR) is 68.7 cm³/mol. The second kappa shape index (κ2) is 4.81. The molecule has 0 aliphatic rings. The number of nitrogens with zero attached hydrogens (tertiary/aromatic N) is 1. The molecule has 2 nitrogen and oxygen atoms in total. The minimum absolute atomic E-state index is 0.746. The van der Waals surface area contributed by atoms with Crippen LogP contribution in [0.4, 0.5) is 0 Å². The van der Waals surface area contributed by atoms with Gasteiger partial charge >= 0.3 is 0 Å². The van der Waals surface area contributed by atoms with Crippen LogP contribution in [0, 0.1) is 0 Å². The minimum atomic E-state index is 0.746. The van der Waals surface area contributed by atoms with Crippen molar-refractivity contribution < 1.29 is 0 Å². The first-order valence-electron chi connectivity index (χ1n) is 4.89. The summed E-state index contributed by atoms with van der Waals surface area (Å²) in [5.74, 6) is 5.08. The smallest absolute Gasteiger partial charge is 0.0538 e. The molecular formula is C13H11ClN2. The first-order valence-corrected chi connectivity index (χ1v) is 5.26. The summed E-state index contributed by atoms with van der Waals surface area (Å²) in [6.07, 6.45) is 1.62. The first kappa shape index (κ1) is 10.7. The van der Waals surface area contributed by atoms with E-state index in [9.17, 15) is 0 Å². The average molecular weight is 231 g/mol. The molecule has 0 saturated carbocycles. The van der Waals surface area contributed by atoms with E-state index in [1.54, 1.807) is 6.21 Å². The van der Waals surface area contributed by atoms with Crippen molar-refractivity contribution >= 4 is 17.8 Å². The van der Waals surface area contributed by atoms with Crippen molar-refractivity contribution in [2.24, 2.45) is 10.9 Å². The Labute approximate surface area is 99.4 Å². The fourth-order valence-corrected chi connectivity index (χ4v) is 1.62. The first-order chi connectivity index (χ1) is 7.79. The lowest BCUT2D eigenvalue weighted by molar-refractivity contribution is 1.26. The summed E-state index contributed by atoms with van der Waals surface area (Å²) in [4.78, 5) is 0. The molecular weight excluding hydrogens is 220 g/mol. The average Bonchev–Trinajstić information content (AvgIpc) is 2.32. The van der Waals surface area contributed by atoms with E-state index in [0.717, 1.165) is 21.7 Å². The Morgan fingerprint density at radius 2 is 1.38 bits per heavy atom. The quantitative estimate of drug-likeness (QED) is 0.480. The van der Waals surface area contributed by atoms with E-state index in [4.69, 9.17) is 17.4 Å². The summed E-state index contributed by atoms with van der Waals surface area (Å²) < 4.78 is 0. The molecule has 0 amide bonds. The second-order valence-electron chi connectivity index (χ2n) is 3.41. The third-order valence-corrected chi connectivity index (χ3v) is 2.56. The highest BCUT2D eigenvalue weighted by Gasteiger charge is 1.97. The largest absolute Gasteiger partial charge is 0.323 e. The van der Waals surface area contributed by atoms with E-state index in [1.165, 1.54) is 0 Å². The number of hydrogen-bond acceptors (Lipinski definition) is 2. The number of benzene rings is 2. The van der Waals surface area contributed by atoms with E-state index in [1.807, 2.05) is 48.5 Å². The monoisotopic (exact) mass is 230 g/mol. The van der Waals surface area contributed by atoms with Crippen molar-refractivity contribution in [1.29, 1.82) is 0 Å². The SMILES string of the molecule is NN=Cc1ccc(-c2ccc(Cl)cc2)cc1. The molecule has 2 aromatic carbocycles. The molecule has 0 atom stereocenters. The highest BCUT2D eigenvalue weighted by Crippen LogP contribution is 2.21. The molecule has 16 heavy (non-hydrogen) atoms. The lowest BCUT2D eigenvalue weighted by atomic mass is 10.0. The van der Waals surface area contributed by atoms with Crippen LogP contribution in [0.25, 0.3) is 11.1 Å². The van der Waals surface area contributed by atoms with Crippen LogP contribution in [0.3, 0.4) is 0 Å². The van der Waals surface area contributed by atoms with E-state index in [2.05, 4.69) is 5.10 Å². The van der Waals surface area contributed by atoms with Gasteiger partial charge in [-0.25, -0.2) is 0 Å². The summed E-state index contributed by atoms with van der Waals surface area (Å²) in [6, 6.07) is 15.8. The van der Waals surface area contributed by atoms with E-state index in [-0.39, 0.29) is 0 Å². The Kier molecular flexibility index (Phi) is 3.22. The molecule has 0 aromatic heterocycles. The van der Waals surface area contributed by atoms with Crippen LogP contribution in [-0.4, -0.2) is 6.21 Å². The van der Waals surface area contributed by atoms with Gasteiger partial charge in [0.1, 0.15) is 0 Å². The molecule has 2 N–H and O–H groups in total. The fourth-order valence-electron chi connectivity index (χ4n) is 1.49. The zero-order valence-corrected chi connectivity index (χ0v) is 9.35. The lowest BCUT2D eigenvalue weighted by Gasteiger charge is -2.02. The zero-order chi connectivity index (χ0) is 11.4. The Morgan fingerprint density at radius 1 is 0.875 bits per heavy atom. The number of halogens is 1. The summed E-state index contributed by atoms with van der Waals surface area (Å²) in [5, 5.41) is 4.22. The van der Waals surface area contributed by atoms with Gasteiger partial charge in [-0.15, -0.1) is 0 Å². The summed E-state index contributed by atoms with van der Waals surface area (Å²) in [6.45, 7) is 0. The number of nitrogens with two attached hydrogens (primary N) is 1. The fraction of sp³-hybridized carbons (Fsp3) is 0. The molecule has 0 heterocycles. The normalized spacial score (nSPS) is 10.8. The molecule has 3 heteroatoms. The van der Waals surface area contributed by atoms with Crippen LogP contribution in [0.1, 0.15) is 5.56 Å². The number of rotatable bonds is 2. The van der Waals surface area contributed by atoms with Crippen LogP contribution < -0.4 is 5.84 Å². The minimum Gasteiger partial charge on any atom is -0.323 e. The molecule has 0 fully saturated rings. The van der Waals surface area contributed by atoms with Gasteiger partial charge in [0.2, 0.25) is 0 Å². The summed E-state index contributed by atoms with van der Waals surface area (Å²) in [5.41, 5.74) is 3.27. The van der Waals surface area contributed by atoms with Crippen molar-refractivity contribution in [2.45, 2.75) is 0 Å². The van der Waals surface area contributed by atoms with Crippen molar-refractivity contribution in [2.75, 3.05) is 0 Å². The molecule has 2 rings (SSSR count). The maximum atomic E-state index is 5.83. The van der Waals surface area contributed by atoms with Gasteiger partial charge in [-0.3, -0.25) is 0 Å². The van der Waals surface area contributed by atoms with Crippen LogP contribution in [0.2, 0.25) is 5.02 Å². The molecule has 80 valence electrons. The van der Waals surface area contributed by atoms with Gasteiger partial charge in [-0.1, -0.05) is 48.0 Å². The topological polar surface area (TPSA) is 38.4 Å². The van der Waals surface area contributed by atoms with Gasteiger partial charge in [-0.2, -0.15) is 5.10 Å². The third-order valence-electron chi connectivity index (χ3n) is 2.31. The van der Waals surface area contributed by atoms with E-state index in [0.29, 0.717) is 0 Å². The van der Waals surface area contributed by atoms with Crippen LogP contribution in [0.5, 0.6) is 0 Å². The third kappa shape index (κ3) is 2.41. The van der Waals surface area contributed by atoms with Gasteiger partial charge in [0, 0.05) is 5.02 Å². The molecule has 0 saturated heterocycles.